The number of halogens is 1. The zero-order valence-electron chi connectivity index (χ0n) is 2.59. The number of hydrogen-bond acceptors (Lipinski definition) is 0. The van der Waals surface area contributed by atoms with E-state index in [1.807, 2.05) is 0 Å². The quantitative estimate of drug-likeness (QED) is 0.477. The summed E-state index contributed by atoms with van der Waals surface area (Å²) in [5.41, 5.74) is 0. The van der Waals surface area contributed by atoms with Gasteiger partial charge in [-0.2, -0.15) is 0 Å². The van der Waals surface area contributed by atoms with Crippen LogP contribution in [0.25, 0.3) is 0 Å². The molecule has 0 aliphatic carbocycles. The Morgan fingerprint density at radius 3 is 2.25 bits per heavy atom. The first-order valence-corrected chi connectivity index (χ1v) is 5.49. The predicted octanol–water partition coefficient (Wildman–Crippen LogP) is 1.28. The molecule has 2 heteroatoms. The Labute approximate surface area is 37.2 Å². The van der Waals surface area contributed by atoms with Gasteiger partial charge in [0.15, 0.2) is 0 Å². The fraction of sp³-hybridized carbons (Fsp3) is 1.00. The summed E-state index contributed by atoms with van der Waals surface area (Å²) in [5.74, 6) is 0. The summed E-state index contributed by atoms with van der Waals surface area (Å²) in [6.07, 6.45) is 0. The van der Waals surface area contributed by atoms with Crippen molar-refractivity contribution in [1.82, 2.24) is 0 Å². The third-order valence-electron chi connectivity index (χ3n) is 0.134. The van der Waals surface area contributed by atoms with E-state index in [1.54, 1.807) is 0 Å². The van der Waals surface area contributed by atoms with Gasteiger partial charge in [0, 0.05) is 0 Å². The van der Waals surface area contributed by atoms with E-state index >= 15 is 0 Å². The molecule has 0 nitrogen and oxygen atoms in total. The van der Waals surface area contributed by atoms with Gasteiger partial charge < -0.3 is 0 Å². The van der Waals surface area contributed by atoms with Gasteiger partial charge in [0.05, 0.1) is 0 Å². The molecule has 0 amide bonds. The van der Waals surface area contributed by atoms with Crippen LogP contribution in [0.3, 0.4) is 0 Å². The molecule has 0 saturated carbocycles. The molecule has 4 heavy (non-hydrogen) atoms. The van der Waals surface area contributed by atoms with Gasteiger partial charge in [-0.25, -0.2) is 0 Å². The van der Waals surface area contributed by atoms with Crippen molar-refractivity contribution in [3.63, 3.8) is 0 Å². The Balaban J connectivity index is 1.97. The molecule has 0 aliphatic rings. The van der Waals surface area contributed by atoms with Crippen LogP contribution in [0.4, 0.5) is 0 Å². The van der Waals surface area contributed by atoms with Crippen LogP contribution in [0.1, 0.15) is 6.92 Å². The SMILES string of the molecule is C[CH2][Ge][Cl]. The minimum atomic E-state index is -0.0139. The van der Waals surface area contributed by atoms with Crippen LogP contribution in [-0.4, -0.2) is 14.5 Å². The number of hydrogen-bond donors (Lipinski definition) is 0. The molecule has 0 aromatic heterocycles. The van der Waals surface area contributed by atoms with Crippen LogP contribution < -0.4 is 0 Å². The maximum atomic E-state index is 5.31. The molecule has 0 spiro atoms. The second kappa shape index (κ2) is 3.83. The van der Waals surface area contributed by atoms with Crippen molar-refractivity contribution in [1.29, 1.82) is 0 Å². The third kappa shape index (κ3) is 2.83. The summed E-state index contributed by atoms with van der Waals surface area (Å²) < 4.78 is 0. The summed E-state index contributed by atoms with van der Waals surface area (Å²) in [5, 5.41) is 1.21. The Morgan fingerprint density at radius 1 is 2.00 bits per heavy atom. The molecule has 0 heterocycles. The predicted molar refractivity (Wildman–Crippen MR) is 22.1 cm³/mol. The monoisotopic (exact) mass is 138 g/mol. The van der Waals surface area contributed by atoms with Gasteiger partial charge in [0.1, 0.15) is 0 Å². The number of rotatable bonds is 1. The van der Waals surface area contributed by atoms with Crippen molar-refractivity contribution < 1.29 is 0 Å². The van der Waals surface area contributed by atoms with Gasteiger partial charge in [-0.15, -0.1) is 0 Å². The van der Waals surface area contributed by atoms with Crippen LogP contribution in [0, 0.1) is 0 Å². The molecule has 0 atom stereocenters. The van der Waals surface area contributed by atoms with Crippen molar-refractivity contribution in [3.8, 4) is 0 Å². The van der Waals surface area contributed by atoms with Crippen LogP contribution in [0.5, 0.6) is 0 Å². The minimum absolute atomic E-state index is 0.0139. The summed E-state index contributed by atoms with van der Waals surface area (Å²) in [6.45, 7) is 2.10. The van der Waals surface area contributed by atoms with Gasteiger partial charge in [-0.05, 0) is 0 Å². The first kappa shape index (κ1) is 4.83. The van der Waals surface area contributed by atoms with E-state index in [0.717, 1.165) is 0 Å². The maximum absolute atomic E-state index is 5.31. The van der Waals surface area contributed by atoms with Crippen LogP contribution in [0.2, 0.25) is 5.25 Å². The summed E-state index contributed by atoms with van der Waals surface area (Å²) in [4.78, 5) is 0. The van der Waals surface area contributed by atoms with Gasteiger partial charge in [0.2, 0.25) is 0 Å². The first-order chi connectivity index (χ1) is 1.91. The van der Waals surface area contributed by atoms with E-state index in [2.05, 4.69) is 6.92 Å². The van der Waals surface area contributed by atoms with Crippen LogP contribution >= 0.6 is 10.0 Å². The average molecular weight is 137 g/mol. The summed E-state index contributed by atoms with van der Waals surface area (Å²) in [7, 11) is 5.31. The van der Waals surface area contributed by atoms with E-state index in [-0.39, 0.29) is 14.5 Å². The molecule has 0 fully saturated rings. The fourth-order valence-corrected chi connectivity index (χ4v) is 0. The van der Waals surface area contributed by atoms with Gasteiger partial charge in [-0.3, -0.25) is 0 Å². The second-order valence-electron chi connectivity index (χ2n) is 0.487. The Hall–Kier alpha value is 0.833. The molecule has 0 N–H and O–H groups in total. The molecule has 24 valence electrons. The van der Waals surface area contributed by atoms with Gasteiger partial charge in [-0.1, -0.05) is 0 Å². The Kier molecular flexibility index (Phi) is 4.63. The second-order valence-corrected chi connectivity index (χ2v) is 3.92. The van der Waals surface area contributed by atoms with Gasteiger partial charge >= 0.3 is 36.7 Å². The summed E-state index contributed by atoms with van der Waals surface area (Å²) >= 11 is -0.0139. The van der Waals surface area contributed by atoms with Crippen molar-refractivity contribution in [2.45, 2.75) is 12.2 Å². The average Bonchev–Trinajstić information content (AvgIpc) is 1.37. The molecule has 0 aromatic rings. The molecule has 0 bridgehead atoms. The zero-order valence-corrected chi connectivity index (χ0v) is 5.44. The molecule has 0 aliphatic heterocycles. The third-order valence-corrected chi connectivity index (χ3v) is 2.08. The van der Waals surface area contributed by atoms with E-state index in [9.17, 15) is 0 Å². The van der Waals surface area contributed by atoms with Crippen molar-refractivity contribution in [2.24, 2.45) is 0 Å². The van der Waals surface area contributed by atoms with E-state index in [4.69, 9.17) is 10.0 Å². The van der Waals surface area contributed by atoms with Crippen LogP contribution in [0.15, 0.2) is 0 Å². The van der Waals surface area contributed by atoms with Gasteiger partial charge in [0.25, 0.3) is 0 Å². The Bertz CT molecular complexity index is 8.00. The molecule has 2 radical (unpaired) electrons. The molecule has 0 aromatic carbocycles. The molecule has 0 unspecified atom stereocenters. The summed E-state index contributed by atoms with van der Waals surface area (Å²) in [6, 6.07) is 0. The standard InChI is InChI=1S/C2H5ClGe/c1-2-4-3/h2H2,1H3. The fourth-order valence-electron chi connectivity index (χ4n) is 0. The van der Waals surface area contributed by atoms with E-state index < -0.39 is 0 Å². The van der Waals surface area contributed by atoms with Crippen molar-refractivity contribution in [2.75, 3.05) is 0 Å². The molecule has 0 saturated heterocycles. The van der Waals surface area contributed by atoms with Crippen LogP contribution in [-0.2, 0) is 0 Å². The van der Waals surface area contributed by atoms with Crippen molar-refractivity contribution >= 4 is 24.5 Å². The molecular weight excluding hydrogens is 132 g/mol. The normalized spacial score (nSPS) is 7.50. The first-order valence-electron chi connectivity index (χ1n) is 1.25. The van der Waals surface area contributed by atoms with E-state index in [0.29, 0.717) is 0 Å². The zero-order chi connectivity index (χ0) is 3.41. The van der Waals surface area contributed by atoms with E-state index in [1.165, 1.54) is 5.25 Å². The topological polar surface area (TPSA) is 0 Å². The van der Waals surface area contributed by atoms with Crippen molar-refractivity contribution in [3.05, 3.63) is 0 Å². The molecular formula is C2H5ClGe. The molecule has 0 rings (SSSR count). The Morgan fingerprint density at radius 2 is 2.25 bits per heavy atom.